The number of halogens is 2. The molecule has 2 aromatic carbocycles. The number of carbonyl (C=O) groups is 1. The van der Waals surface area contributed by atoms with Crippen LogP contribution in [0.2, 0.25) is 5.02 Å². The third-order valence-corrected chi connectivity index (χ3v) is 11.3. The van der Waals surface area contributed by atoms with Crippen LogP contribution in [0.15, 0.2) is 48.7 Å². The van der Waals surface area contributed by atoms with Crippen LogP contribution in [-0.2, 0) is 23.1 Å². The number of aromatic nitrogens is 1. The molecule has 0 amide bonds. The second-order valence-corrected chi connectivity index (χ2v) is 13.7. The van der Waals surface area contributed by atoms with Crippen molar-refractivity contribution in [2.75, 3.05) is 11.9 Å². The van der Waals surface area contributed by atoms with Gasteiger partial charge in [0.2, 0.25) is 0 Å². The Hall–Kier alpha value is -3.12. The van der Waals surface area contributed by atoms with Crippen LogP contribution in [0.3, 0.4) is 0 Å². The van der Waals surface area contributed by atoms with Crippen LogP contribution in [0, 0.1) is 17.7 Å². The van der Waals surface area contributed by atoms with Crippen molar-refractivity contribution in [2.45, 2.75) is 88.0 Å². The smallest absolute Gasteiger partial charge is 0.329 e. The van der Waals surface area contributed by atoms with Crippen LogP contribution in [0.25, 0.3) is 0 Å². The number of ether oxygens (including phenoxy) is 1. The molecule has 1 saturated carbocycles. The van der Waals surface area contributed by atoms with E-state index in [2.05, 4.69) is 48.4 Å². The van der Waals surface area contributed by atoms with Crippen LogP contribution >= 0.6 is 11.6 Å². The lowest BCUT2D eigenvalue weighted by Crippen LogP contribution is -2.59. The molecule has 42 heavy (non-hydrogen) atoms. The van der Waals surface area contributed by atoms with Gasteiger partial charge >= 0.3 is 5.97 Å². The average Bonchev–Trinajstić information content (AvgIpc) is 3.29. The number of fused-ring (bicyclic) bond motifs is 8. The first kappa shape index (κ1) is 27.7. The number of carboxylic acid groups (broad SMARTS) is 1. The van der Waals surface area contributed by atoms with Crippen LogP contribution < -0.4 is 10.1 Å². The number of benzene rings is 2. The van der Waals surface area contributed by atoms with E-state index < -0.39 is 17.3 Å². The van der Waals surface area contributed by atoms with Crippen molar-refractivity contribution in [3.63, 3.8) is 0 Å². The predicted octanol–water partition coefficient (Wildman–Crippen LogP) is 8.05. The number of aliphatic carboxylic acids is 1. The van der Waals surface area contributed by atoms with Gasteiger partial charge in [-0.25, -0.2) is 9.18 Å². The molecule has 2 bridgehead atoms. The third-order valence-electron chi connectivity index (χ3n) is 10.9. The Morgan fingerprint density at radius 3 is 2.88 bits per heavy atom. The maximum Gasteiger partial charge on any atom is 0.329 e. The molecule has 1 fully saturated rings. The zero-order chi connectivity index (χ0) is 29.2. The summed E-state index contributed by atoms with van der Waals surface area (Å²) in [7, 11) is 0. The Kier molecular flexibility index (Phi) is 6.76. The number of nitrogens with zero attached hydrogens (tertiary/aromatic N) is 1. The molecule has 0 saturated heterocycles. The molecule has 3 aliphatic carbocycles. The van der Waals surface area contributed by atoms with Crippen molar-refractivity contribution < 1.29 is 19.0 Å². The van der Waals surface area contributed by atoms with E-state index in [4.69, 9.17) is 16.3 Å². The topological polar surface area (TPSA) is 71.5 Å². The van der Waals surface area contributed by atoms with Gasteiger partial charge < -0.3 is 15.2 Å². The first-order chi connectivity index (χ1) is 20.2. The molecule has 4 aliphatic rings. The average molecular weight is 589 g/mol. The SMILES string of the molecule is C[C@@H](COc1ccnc2c1[C@H](C)CCC2)C[C@H]1Cc2ccccc2[C@@]12CC[C@]1(C(=O)O)CC2c2c(ccc(F)c2Cl)N1. The molecule has 1 spiro atoms. The number of hydrogen-bond acceptors (Lipinski definition) is 4. The molecule has 220 valence electrons. The van der Waals surface area contributed by atoms with E-state index in [1.807, 2.05) is 12.3 Å². The molecule has 7 rings (SSSR count). The van der Waals surface area contributed by atoms with E-state index in [1.54, 1.807) is 6.07 Å². The molecule has 3 aromatic rings. The monoisotopic (exact) mass is 588 g/mol. The third kappa shape index (κ3) is 4.16. The van der Waals surface area contributed by atoms with Gasteiger partial charge in [0.25, 0.3) is 0 Å². The molecule has 2 heterocycles. The normalized spacial score (nSPS) is 29.7. The number of rotatable bonds is 6. The van der Waals surface area contributed by atoms with Crippen LogP contribution in [0.1, 0.15) is 92.2 Å². The van der Waals surface area contributed by atoms with Gasteiger partial charge in [-0.3, -0.25) is 4.98 Å². The predicted molar refractivity (Wildman–Crippen MR) is 162 cm³/mol. The number of aryl methyl sites for hydroxylation is 1. The van der Waals surface area contributed by atoms with Gasteiger partial charge in [-0.05, 0) is 98.4 Å². The Bertz CT molecular complexity index is 1560. The molecular weight excluding hydrogens is 551 g/mol. The fraction of sp³-hybridized carbons (Fsp3) is 0.486. The molecule has 1 unspecified atom stereocenters. The van der Waals surface area contributed by atoms with Crippen LogP contribution in [0.4, 0.5) is 10.1 Å². The second kappa shape index (κ2) is 10.3. The first-order valence-electron chi connectivity index (χ1n) is 15.4. The van der Waals surface area contributed by atoms with Gasteiger partial charge in [-0.1, -0.05) is 49.7 Å². The van der Waals surface area contributed by atoms with E-state index in [9.17, 15) is 14.3 Å². The standard InChI is InChI=1S/C35H38ClFN2O3/c1-20(19-42-29-12-15-38-27-9-5-6-21(2)30(27)29)16-23-17-22-7-3-4-8-24(22)35(23)14-13-34(33(40)41)18-25(35)31-28(39-34)11-10-26(37)32(31)36/h3-4,7-8,10-12,15,20-21,23,25,39H,5-6,9,13-14,16-19H2,1-2H3,(H,40,41)/t20-,21-,23+,25?,34-,35-/m1/s1. The highest BCUT2D eigenvalue weighted by Crippen LogP contribution is 2.65. The molecule has 6 atom stereocenters. The maximum absolute atomic E-state index is 15.0. The summed E-state index contributed by atoms with van der Waals surface area (Å²) >= 11 is 6.72. The summed E-state index contributed by atoms with van der Waals surface area (Å²) in [6.45, 7) is 5.12. The molecule has 2 N–H and O–H groups in total. The largest absolute Gasteiger partial charge is 0.493 e. The summed E-state index contributed by atoms with van der Waals surface area (Å²) < 4.78 is 21.5. The summed E-state index contributed by atoms with van der Waals surface area (Å²) in [6, 6.07) is 13.6. The minimum atomic E-state index is -1.09. The minimum absolute atomic E-state index is 0.112. The minimum Gasteiger partial charge on any atom is -0.493 e. The van der Waals surface area contributed by atoms with Crippen molar-refractivity contribution in [1.82, 2.24) is 4.98 Å². The maximum atomic E-state index is 15.0. The van der Waals surface area contributed by atoms with Gasteiger partial charge in [0.05, 0.1) is 11.6 Å². The Morgan fingerprint density at radius 2 is 2.05 bits per heavy atom. The van der Waals surface area contributed by atoms with E-state index in [-0.39, 0.29) is 28.2 Å². The van der Waals surface area contributed by atoms with Gasteiger partial charge in [0.1, 0.15) is 17.1 Å². The summed E-state index contributed by atoms with van der Waals surface area (Å²) in [6.07, 6.45) is 8.63. The molecular formula is C35H38ClFN2O3. The number of anilines is 1. The Morgan fingerprint density at radius 1 is 1.21 bits per heavy atom. The summed E-state index contributed by atoms with van der Waals surface area (Å²) in [4.78, 5) is 17.3. The first-order valence-corrected chi connectivity index (χ1v) is 15.8. The quantitative estimate of drug-likeness (QED) is 0.305. The summed E-state index contributed by atoms with van der Waals surface area (Å²) in [5.74, 6) is 0.397. The highest BCUT2D eigenvalue weighted by molar-refractivity contribution is 6.32. The molecule has 5 nitrogen and oxygen atoms in total. The number of hydrogen-bond donors (Lipinski definition) is 2. The van der Waals surface area contributed by atoms with Crippen LogP contribution in [-0.4, -0.2) is 28.2 Å². The number of pyridine rings is 1. The van der Waals surface area contributed by atoms with Gasteiger partial charge in [0.15, 0.2) is 0 Å². The highest BCUT2D eigenvalue weighted by Gasteiger charge is 2.62. The fourth-order valence-electron chi connectivity index (χ4n) is 9.00. The summed E-state index contributed by atoms with van der Waals surface area (Å²) in [5, 5.41) is 13.8. The molecule has 7 heteroatoms. The van der Waals surface area contributed by atoms with Crippen molar-refractivity contribution in [1.29, 1.82) is 0 Å². The summed E-state index contributed by atoms with van der Waals surface area (Å²) in [5.41, 5.74) is 4.98. The van der Waals surface area contributed by atoms with Gasteiger partial charge in [-0.15, -0.1) is 0 Å². The van der Waals surface area contributed by atoms with Gasteiger partial charge in [-0.2, -0.15) is 0 Å². The zero-order valence-electron chi connectivity index (χ0n) is 24.3. The van der Waals surface area contributed by atoms with E-state index in [0.29, 0.717) is 37.5 Å². The van der Waals surface area contributed by atoms with Crippen molar-refractivity contribution in [3.05, 3.63) is 87.4 Å². The van der Waals surface area contributed by atoms with Crippen molar-refractivity contribution >= 4 is 23.3 Å². The number of carboxylic acids is 1. The lowest BCUT2D eigenvalue weighted by molar-refractivity contribution is -0.145. The van der Waals surface area contributed by atoms with Gasteiger partial charge in [0, 0.05) is 40.0 Å². The fourth-order valence-corrected chi connectivity index (χ4v) is 9.30. The molecule has 1 aromatic heterocycles. The molecule has 1 aliphatic heterocycles. The Balaban J connectivity index is 1.23. The highest BCUT2D eigenvalue weighted by atomic mass is 35.5. The molecule has 0 radical (unpaired) electrons. The van der Waals surface area contributed by atoms with E-state index in [1.165, 1.54) is 34.9 Å². The number of nitrogens with one attached hydrogen (secondary N) is 1. The van der Waals surface area contributed by atoms with Crippen molar-refractivity contribution in [3.8, 4) is 5.75 Å². The van der Waals surface area contributed by atoms with E-state index in [0.717, 1.165) is 37.0 Å². The van der Waals surface area contributed by atoms with Crippen molar-refractivity contribution in [2.24, 2.45) is 11.8 Å². The van der Waals surface area contributed by atoms with Crippen LogP contribution in [0.5, 0.6) is 5.75 Å². The zero-order valence-corrected chi connectivity index (χ0v) is 25.0. The lowest BCUT2D eigenvalue weighted by Gasteiger charge is -2.56. The second-order valence-electron chi connectivity index (χ2n) is 13.3. The lowest BCUT2D eigenvalue weighted by atomic mass is 9.51. The Labute approximate surface area is 251 Å². The van der Waals surface area contributed by atoms with E-state index >= 15 is 0 Å².